The number of hydrogen-bond acceptors (Lipinski definition) is 6. The summed E-state index contributed by atoms with van der Waals surface area (Å²) in [7, 11) is 3.08. The molecule has 0 aliphatic carbocycles. The van der Waals surface area contributed by atoms with Crippen molar-refractivity contribution in [1.82, 2.24) is 4.98 Å². The lowest BCUT2D eigenvalue weighted by molar-refractivity contribution is 0.267. The van der Waals surface area contributed by atoms with E-state index in [0.29, 0.717) is 30.5 Å². The molecule has 32 heavy (non-hydrogen) atoms. The molecule has 7 heteroatoms. The van der Waals surface area contributed by atoms with E-state index in [1.807, 2.05) is 19.1 Å². The SMILES string of the molecule is COc1c(O)c(C)c(CCCCCCCCCCO)c(OCc2ccncc2)c1OC.Cl. The monoisotopic (exact) mass is 467 g/mol. The third kappa shape index (κ3) is 8.06. The van der Waals surface area contributed by atoms with Crippen molar-refractivity contribution in [2.45, 2.75) is 71.3 Å². The van der Waals surface area contributed by atoms with Gasteiger partial charge in [0.2, 0.25) is 11.5 Å². The Morgan fingerprint density at radius 2 is 1.38 bits per heavy atom. The molecule has 1 aromatic heterocycles. The second-order valence-corrected chi connectivity index (χ2v) is 7.79. The number of rotatable bonds is 15. The molecule has 180 valence electrons. The van der Waals surface area contributed by atoms with E-state index < -0.39 is 0 Å². The summed E-state index contributed by atoms with van der Waals surface area (Å²) in [4.78, 5) is 4.05. The Hall–Kier alpha value is -2.18. The van der Waals surface area contributed by atoms with Crippen molar-refractivity contribution >= 4 is 12.4 Å². The first-order valence-corrected chi connectivity index (χ1v) is 11.2. The predicted octanol–water partition coefficient (Wildman–Crippen LogP) is 5.77. The van der Waals surface area contributed by atoms with Crippen molar-refractivity contribution in [3.63, 3.8) is 0 Å². The number of benzene rings is 1. The van der Waals surface area contributed by atoms with Crippen LogP contribution in [-0.2, 0) is 13.0 Å². The molecular formula is C25H38ClNO5. The fraction of sp³-hybridized carbons (Fsp3) is 0.560. The third-order valence-electron chi connectivity index (χ3n) is 5.59. The highest BCUT2D eigenvalue weighted by Crippen LogP contribution is 2.49. The summed E-state index contributed by atoms with van der Waals surface area (Å²) in [5.74, 6) is 1.47. The molecule has 2 aromatic rings. The number of halogens is 1. The van der Waals surface area contributed by atoms with Gasteiger partial charge in [-0.3, -0.25) is 4.98 Å². The normalized spacial score (nSPS) is 10.5. The van der Waals surface area contributed by atoms with Gasteiger partial charge >= 0.3 is 0 Å². The van der Waals surface area contributed by atoms with E-state index in [4.69, 9.17) is 19.3 Å². The molecule has 0 saturated carbocycles. The zero-order chi connectivity index (χ0) is 22.5. The largest absolute Gasteiger partial charge is 0.504 e. The van der Waals surface area contributed by atoms with Gasteiger partial charge in [0, 0.05) is 30.1 Å². The van der Waals surface area contributed by atoms with Crippen molar-refractivity contribution in [3.8, 4) is 23.0 Å². The minimum atomic E-state index is 0. The van der Waals surface area contributed by atoms with Gasteiger partial charge in [-0.05, 0) is 43.9 Å². The zero-order valence-electron chi connectivity index (χ0n) is 19.6. The van der Waals surface area contributed by atoms with Crippen LogP contribution in [0, 0.1) is 6.92 Å². The van der Waals surface area contributed by atoms with Gasteiger partial charge in [-0.15, -0.1) is 12.4 Å². The van der Waals surface area contributed by atoms with Crippen molar-refractivity contribution in [2.24, 2.45) is 0 Å². The lowest BCUT2D eigenvalue weighted by Crippen LogP contribution is -2.05. The Morgan fingerprint density at radius 1 is 0.812 bits per heavy atom. The Balaban J connectivity index is 0.00000512. The molecule has 0 fully saturated rings. The maximum absolute atomic E-state index is 10.7. The number of aliphatic hydroxyl groups excluding tert-OH is 1. The van der Waals surface area contributed by atoms with Crippen LogP contribution in [0.1, 0.15) is 68.1 Å². The van der Waals surface area contributed by atoms with E-state index in [-0.39, 0.29) is 18.2 Å². The van der Waals surface area contributed by atoms with Crippen LogP contribution in [0.2, 0.25) is 0 Å². The lowest BCUT2D eigenvalue weighted by Gasteiger charge is -2.21. The average molecular weight is 468 g/mol. The van der Waals surface area contributed by atoms with E-state index in [0.717, 1.165) is 48.8 Å². The van der Waals surface area contributed by atoms with E-state index in [1.54, 1.807) is 19.5 Å². The van der Waals surface area contributed by atoms with Gasteiger partial charge in [-0.1, -0.05) is 38.5 Å². The molecule has 2 N–H and O–H groups in total. The highest BCUT2D eigenvalue weighted by molar-refractivity contribution is 5.85. The molecule has 6 nitrogen and oxygen atoms in total. The molecular weight excluding hydrogens is 430 g/mol. The topological polar surface area (TPSA) is 81.0 Å². The van der Waals surface area contributed by atoms with E-state index in [1.165, 1.54) is 32.8 Å². The first-order chi connectivity index (χ1) is 15.1. The van der Waals surface area contributed by atoms with Crippen LogP contribution in [0.5, 0.6) is 23.0 Å². The Bertz CT molecular complexity index is 786. The highest BCUT2D eigenvalue weighted by atomic mass is 35.5. The molecule has 0 atom stereocenters. The lowest BCUT2D eigenvalue weighted by atomic mass is 9.98. The summed E-state index contributed by atoms with van der Waals surface area (Å²) in [6.45, 7) is 2.57. The smallest absolute Gasteiger partial charge is 0.207 e. The molecule has 0 saturated heterocycles. The van der Waals surface area contributed by atoms with Gasteiger partial charge in [0.25, 0.3) is 0 Å². The maximum atomic E-state index is 10.7. The van der Waals surface area contributed by atoms with Crippen LogP contribution < -0.4 is 14.2 Å². The molecule has 0 aliphatic rings. The molecule has 2 rings (SSSR count). The quantitative estimate of drug-likeness (QED) is 0.323. The standard InChI is InChI=1S/C25H37NO5.ClH/c1-19-21(12-10-8-6-4-5-7-9-11-17-27)23(25(30-3)24(29-2)22(19)28)31-18-20-13-15-26-16-14-20;/h13-16,27-28H,4-12,17-18H2,1-3H3;1H. The summed E-state index contributed by atoms with van der Waals surface area (Å²) in [6.07, 6.45) is 13.2. The molecule has 1 heterocycles. The second kappa shape index (κ2) is 15.6. The van der Waals surface area contributed by atoms with Gasteiger partial charge in [0.05, 0.1) is 14.2 Å². The van der Waals surface area contributed by atoms with Crippen LogP contribution in [-0.4, -0.2) is 36.0 Å². The minimum absolute atomic E-state index is 0. The molecule has 1 aromatic carbocycles. The number of aliphatic hydroxyl groups is 1. The number of unbranched alkanes of at least 4 members (excludes halogenated alkanes) is 7. The summed E-state index contributed by atoms with van der Waals surface area (Å²) in [5, 5.41) is 19.5. The number of phenols is 1. The molecule has 0 amide bonds. The number of aromatic nitrogens is 1. The van der Waals surface area contributed by atoms with Crippen LogP contribution in [0.4, 0.5) is 0 Å². The number of methoxy groups -OCH3 is 2. The summed E-state index contributed by atoms with van der Waals surface area (Å²) in [5.41, 5.74) is 2.74. The third-order valence-corrected chi connectivity index (χ3v) is 5.59. The first kappa shape index (κ1) is 27.9. The number of nitrogens with zero attached hydrogens (tertiary/aromatic N) is 1. The van der Waals surface area contributed by atoms with Crippen LogP contribution in [0.3, 0.4) is 0 Å². The molecule has 0 aliphatic heterocycles. The van der Waals surface area contributed by atoms with Crippen LogP contribution in [0.25, 0.3) is 0 Å². The van der Waals surface area contributed by atoms with Crippen molar-refractivity contribution in [1.29, 1.82) is 0 Å². The minimum Gasteiger partial charge on any atom is -0.504 e. The van der Waals surface area contributed by atoms with Gasteiger partial charge in [-0.2, -0.15) is 0 Å². The molecule has 0 unspecified atom stereocenters. The fourth-order valence-electron chi connectivity index (χ4n) is 3.77. The number of ether oxygens (including phenoxy) is 3. The van der Waals surface area contributed by atoms with Crippen molar-refractivity contribution in [3.05, 3.63) is 41.2 Å². The summed E-state index contributed by atoms with van der Waals surface area (Å²) in [6, 6.07) is 3.83. The fourth-order valence-corrected chi connectivity index (χ4v) is 3.77. The number of aromatic hydroxyl groups is 1. The maximum Gasteiger partial charge on any atom is 0.207 e. The summed E-state index contributed by atoms with van der Waals surface area (Å²) < 4.78 is 17.2. The second-order valence-electron chi connectivity index (χ2n) is 7.79. The Kier molecular flexibility index (Phi) is 13.6. The molecule has 0 bridgehead atoms. The number of pyridine rings is 1. The first-order valence-electron chi connectivity index (χ1n) is 11.2. The Morgan fingerprint density at radius 3 is 1.94 bits per heavy atom. The predicted molar refractivity (Wildman–Crippen MR) is 129 cm³/mol. The zero-order valence-corrected chi connectivity index (χ0v) is 20.4. The molecule has 0 spiro atoms. The van der Waals surface area contributed by atoms with Crippen LogP contribution >= 0.6 is 12.4 Å². The molecule has 0 radical (unpaired) electrons. The van der Waals surface area contributed by atoms with E-state index >= 15 is 0 Å². The van der Waals surface area contributed by atoms with Gasteiger partial charge < -0.3 is 24.4 Å². The highest BCUT2D eigenvalue weighted by Gasteiger charge is 2.24. The van der Waals surface area contributed by atoms with E-state index in [2.05, 4.69) is 4.98 Å². The average Bonchev–Trinajstić information content (AvgIpc) is 2.80. The number of hydrogen-bond donors (Lipinski definition) is 2. The Labute approximate surface area is 198 Å². The van der Waals surface area contributed by atoms with Gasteiger partial charge in [0.15, 0.2) is 11.5 Å². The van der Waals surface area contributed by atoms with Crippen LogP contribution in [0.15, 0.2) is 24.5 Å². The van der Waals surface area contributed by atoms with Gasteiger partial charge in [0.1, 0.15) is 6.61 Å². The van der Waals surface area contributed by atoms with E-state index in [9.17, 15) is 5.11 Å². The summed E-state index contributed by atoms with van der Waals surface area (Å²) >= 11 is 0. The van der Waals surface area contributed by atoms with Gasteiger partial charge in [-0.25, -0.2) is 0 Å². The number of phenolic OH excluding ortho intramolecular Hbond substituents is 1. The van der Waals surface area contributed by atoms with Crippen molar-refractivity contribution in [2.75, 3.05) is 20.8 Å². The van der Waals surface area contributed by atoms with Crippen molar-refractivity contribution < 1.29 is 24.4 Å².